The van der Waals surface area contributed by atoms with Crippen LogP contribution >= 0.6 is 11.3 Å². The Morgan fingerprint density at radius 3 is 2.80 bits per heavy atom. The number of aryl methyl sites for hydroxylation is 2. The van der Waals surface area contributed by atoms with E-state index < -0.39 is 0 Å². The lowest BCUT2D eigenvalue weighted by molar-refractivity contribution is -0.0442. The SMILES string of the molecule is CCOC(=O)c1sc2nc(C)nc(N3CCOC(C)(CC)C3)c2c1C. The van der Waals surface area contributed by atoms with Gasteiger partial charge in [-0.3, -0.25) is 0 Å². The van der Waals surface area contributed by atoms with Gasteiger partial charge in [-0.05, 0) is 39.7 Å². The van der Waals surface area contributed by atoms with E-state index in [1.165, 1.54) is 11.3 Å². The third-order valence-corrected chi connectivity index (χ3v) is 5.89. The lowest BCUT2D eigenvalue weighted by atomic mass is 10.0. The minimum Gasteiger partial charge on any atom is -0.462 e. The Bertz CT molecular complexity index is 804. The van der Waals surface area contributed by atoms with Gasteiger partial charge >= 0.3 is 5.97 Å². The molecule has 3 rings (SSSR count). The standard InChI is InChI=1S/C18H25N3O3S/c1-6-18(5)10-21(8-9-24-18)15-13-11(3)14(17(22)23-7-2)25-16(13)20-12(4)19-15/h6-10H2,1-5H3. The quantitative estimate of drug-likeness (QED) is 0.775. The molecule has 1 aliphatic heterocycles. The van der Waals surface area contributed by atoms with Crippen molar-refractivity contribution < 1.29 is 14.3 Å². The zero-order chi connectivity index (χ0) is 18.2. The van der Waals surface area contributed by atoms with E-state index in [1.807, 2.05) is 20.8 Å². The monoisotopic (exact) mass is 363 g/mol. The molecule has 3 heterocycles. The van der Waals surface area contributed by atoms with Gasteiger partial charge in [0.25, 0.3) is 0 Å². The maximum absolute atomic E-state index is 12.3. The van der Waals surface area contributed by atoms with Crippen molar-refractivity contribution in [2.24, 2.45) is 0 Å². The van der Waals surface area contributed by atoms with E-state index >= 15 is 0 Å². The Morgan fingerprint density at radius 1 is 1.36 bits per heavy atom. The Balaban J connectivity index is 2.10. The topological polar surface area (TPSA) is 64.5 Å². The average molecular weight is 363 g/mol. The van der Waals surface area contributed by atoms with Crippen molar-refractivity contribution in [2.45, 2.75) is 46.6 Å². The number of hydrogen-bond donors (Lipinski definition) is 0. The van der Waals surface area contributed by atoms with Crippen LogP contribution in [0.15, 0.2) is 0 Å². The van der Waals surface area contributed by atoms with Gasteiger partial charge in [0, 0.05) is 13.1 Å². The third kappa shape index (κ3) is 3.35. The molecule has 0 spiro atoms. The highest BCUT2D eigenvalue weighted by atomic mass is 32.1. The lowest BCUT2D eigenvalue weighted by Crippen LogP contribution is -2.50. The molecule has 2 aromatic heterocycles. The predicted octanol–water partition coefficient (Wildman–Crippen LogP) is 3.49. The number of fused-ring (bicyclic) bond motifs is 1. The molecule has 1 atom stereocenters. The Hall–Kier alpha value is -1.73. The van der Waals surface area contributed by atoms with Crippen LogP contribution in [-0.2, 0) is 9.47 Å². The number of aromatic nitrogens is 2. The van der Waals surface area contributed by atoms with Gasteiger partial charge in [0.05, 0.1) is 24.2 Å². The van der Waals surface area contributed by atoms with Crippen LogP contribution in [-0.4, -0.2) is 47.8 Å². The van der Waals surface area contributed by atoms with E-state index in [2.05, 4.69) is 23.7 Å². The largest absolute Gasteiger partial charge is 0.462 e. The first-order valence-corrected chi connectivity index (χ1v) is 9.54. The summed E-state index contributed by atoms with van der Waals surface area (Å²) in [5.41, 5.74) is 0.718. The molecule has 0 radical (unpaired) electrons. The van der Waals surface area contributed by atoms with Gasteiger partial charge in [-0.1, -0.05) is 6.92 Å². The van der Waals surface area contributed by atoms with Gasteiger partial charge in [0.15, 0.2) is 0 Å². The zero-order valence-electron chi connectivity index (χ0n) is 15.5. The summed E-state index contributed by atoms with van der Waals surface area (Å²) in [4.78, 5) is 25.3. The van der Waals surface area contributed by atoms with Crippen molar-refractivity contribution >= 4 is 33.3 Å². The fourth-order valence-corrected chi connectivity index (χ4v) is 4.28. The van der Waals surface area contributed by atoms with Crippen molar-refractivity contribution in [1.82, 2.24) is 9.97 Å². The number of anilines is 1. The van der Waals surface area contributed by atoms with Crippen LogP contribution in [0.3, 0.4) is 0 Å². The number of carbonyl (C=O) groups is 1. The molecule has 2 aromatic rings. The van der Waals surface area contributed by atoms with Gasteiger partial charge in [-0.25, -0.2) is 14.8 Å². The number of thiophene rings is 1. The normalized spacial score (nSPS) is 20.9. The average Bonchev–Trinajstić information content (AvgIpc) is 2.91. The number of nitrogens with zero attached hydrogens (tertiary/aromatic N) is 3. The molecule has 0 saturated carbocycles. The molecule has 0 aromatic carbocycles. The van der Waals surface area contributed by atoms with Crippen LogP contribution in [0.2, 0.25) is 0 Å². The second-order valence-electron chi connectivity index (χ2n) is 6.62. The second-order valence-corrected chi connectivity index (χ2v) is 7.62. The molecule has 1 fully saturated rings. The van der Waals surface area contributed by atoms with E-state index in [1.54, 1.807) is 0 Å². The molecule has 1 unspecified atom stereocenters. The number of morpholine rings is 1. The summed E-state index contributed by atoms with van der Waals surface area (Å²) in [5.74, 6) is 1.32. The minimum absolute atomic E-state index is 0.183. The van der Waals surface area contributed by atoms with Crippen molar-refractivity contribution in [3.05, 3.63) is 16.3 Å². The maximum atomic E-state index is 12.3. The Morgan fingerprint density at radius 2 is 2.12 bits per heavy atom. The molecule has 25 heavy (non-hydrogen) atoms. The van der Waals surface area contributed by atoms with Crippen LogP contribution in [0.25, 0.3) is 10.2 Å². The number of rotatable bonds is 4. The van der Waals surface area contributed by atoms with Crippen LogP contribution in [0.5, 0.6) is 0 Å². The summed E-state index contributed by atoms with van der Waals surface area (Å²) >= 11 is 1.39. The van der Waals surface area contributed by atoms with Gasteiger partial charge in [-0.2, -0.15) is 0 Å². The van der Waals surface area contributed by atoms with Crippen LogP contribution in [0, 0.1) is 13.8 Å². The summed E-state index contributed by atoms with van der Waals surface area (Å²) in [6.07, 6.45) is 0.938. The highest BCUT2D eigenvalue weighted by molar-refractivity contribution is 7.20. The molecule has 0 aliphatic carbocycles. The van der Waals surface area contributed by atoms with Crippen LogP contribution in [0.4, 0.5) is 5.82 Å². The lowest BCUT2D eigenvalue weighted by Gasteiger charge is -2.40. The Labute approximate surface area is 152 Å². The molecule has 136 valence electrons. The summed E-state index contributed by atoms with van der Waals surface area (Å²) in [5, 5.41) is 0.957. The molecular formula is C18H25N3O3S. The van der Waals surface area contributed by atoms with E-state index in [4.69, 9.17) is 14.5 Å². The molecule has 0 N–H and O–H groups in total. The fourth-order valence-electron chi connectivity index (χ4n) is 3.17. The molecular weight excluding hydrogens is 338 g/mol. The molecule has 1 saturated heterocycles. The van der Waals surface area contributed by atoms with Gasteiger partial charge in [0.1, 0.15) is 21.3 Å². The summed E-state index contributed by atoms with van der Waals surface area (Å²) < 4.78 is 11.2. The summed E-state index contributed by atoms with van der Waals surface area (Å²) in [6.45, 7) is 12.5. The van der Waals surface area contributed by atoms with E-state index in [0.29, 0.717) is 23.9 Å². The predicted molar refractivity (Wildman–Crippen MR) is 99.7 cm³/mol. The minimum atomic E-state index is -0.285. The maximum Gasteiger partial charge on any atom is 0.348 e. The van der Waals surface area contributed by atoms with Crippen molar-refractivity contribution in [3.8, 4) is 0 Å². The highest BCUT2D eigenvalue weighted by Gasteiger charge is 2.33. The van der Waals surface area contributed by atoms with E-state index in [0.717, 1.165) is 41.1 Å². The molecule has 0 bridgehead atoms. The van der Waals surface area contributed by atoms with Gasteiger partial charge < -0.3 is 14.4 Å². The van der Waals surface area contributed by atoms with Crippen molar-refractivity contribution in [1.29, 1.82) is 0 Å². The molecule has 6 nitrogen and oxygen atoms in total. The van der Waals surface area contributed by atoms with Crippen LogP contribution < -0.4 is 4.90 Å². The van der Waals surface area contributed by atoms with Crippen molar-refractivity contribution in [3.63, 3.8) is 0 Å². The first kappa shape index (κ1) is 18.1. The van der Waals surface area contributed by atoms with E-state index in [9.17, 15) is 4.79 Å². The Kier molecular flexibility index (Phi) is 4.97. The van der Waals surface area contributed by atoms with Crippen LogP contribution in [0.1, 0.15) is 48.3 Å². The first-order valence-electron chi connectivity index (χ1n) is 8.72. The second kappa shape index (κ2) is 6.88. The molecule has 7 heteroatoms. The first-order chi connectivity index (χ1) is 11.9. The number of ether oxygens (including phenoxy) is 2. The summed E-state index contributed by atoms with van der Waals surface area (Å²) in [6, 6.07) is 0. The fraction of sp³-hybridized carbons (Fsp3) is 0.611. The number of esters is 1. The molecule has 1 aliphatic rings. The number of hydrogen-bond acceptors (Lipinski definition) is 7. The smallest absolute Gasteiger partial charge is 0.348 e. The van der Waals surface area contributed by atoms with Gasteiger partial charge in [-0.15, -0.1) is 11.3 Å². The van der Waals surface area contributed by atoms with Gasteiger partial charge in [0.2, 0.25) is 0 Å². The number of carbonyl (C=O) groups excluding carboxylic acids is 1. The highest BCUT2D eigenvalue weighted by Crippen LogP contribution is 2.37. The van der Waals surface area contributed by atoms with Crippen molar-refractivity contribution in [2.75, 3.05) is 31.2 Å². The summed E-state index contributed by atoms with van der Waals surface area (Å²) in [7, 11) is 0. The third-order valence-electron chi connectivity index (χ3n) is 4.73. The zero-order valence-corrected chi connectivity index (χ0v) is 16.3. The van der Waals surface area contributed by atoms with E-state index in [-0.39, 0.29) is 11.6 Å². The molecule has 0 amide bonds.